The highest BCUT2D eigenvalue weighted by molar-refractivity contribution is 5.44. The monoisotopic (exact) mass is 341 g/mol. The summed E-state index contributed by atoms with van der Waals surface area (Å²) in [5.74, 6) is 0. The SMILES string of the molecule is c1ccc(CN2CCC3(C2)OC(c2ccccc2)c2ccccc23)cc1. The summed E-state index contributed by atoms with van der Waals surface area (Å²) in [5, 5.41) is 0. The van der Waals surface area contributed by atoms with Gasteiger partial charge in [0.25, 0.3) is 0 Å². The Hall–Kier alpha value is -2.42. The Morgan fingerprint density at radius 2 is 1.54 bits per heavy atom. The van der Waals surface area contributed by atoms with Gasteiger partial charge in [-0.1, -0.05) is 84.9 Å². The normalized spacial score (nSPS) is 24.8. The molecule has 0 bridgehead atoms. The van der Waals surface area contributed by atoms with E-state index < -0.39 is 0 Å². The van der Waals surface area contributed by atoms with Crippen molar-refractivity contribution in [3.63, 3.8) is 0 Å². The van der Waals surface area contributed by atoms with Gasteiger partial charge in [-0.05, 0) is 28.7 Å². The standard InChI is InChI=1S/C24H23NO/c1-3-9-19(10-4-1)17-25-16-15-24(18-25)22-14-8-7-13-21(22)23(26-24)20-11-5-2-6-12-20/h1-14,23H,15-18H2. The van der Waals surface area contributed by atoms with Gasteiger partial charge in [-0.2, -0.15) is 0 Å². The molecule has 2 heteroatoms. The van der Waals surface area contributed by atoms with Crippen LogP contribution in [0.1, 0.15) is 34.8 Å². The van der Waals surface area contributed by atoms with Crippen molar-refractivity contribution < 1.29 is 4.74 Å². The maximum atomic E-state index is 6.79. The van der Waals surface area contributed by atoms with E-state index in [1.165, 1.54) is 22.3 Å². The van der Waals surface area contributed by atoms with E-state index in [-0.39, 0.29) is 11.7 Å². The Morgan fingerprint density at radius 1 is 0.846 bits per heavy atom. The zero-order chi connectivity index (χ0) is 17.4. The maximum Gasteiger partial charge on any atom is 0.109 e. The third kappa shape index (κ3) is 2.66. The van der Waals surface area contributed by atoms with Crippen molar-refractivity contribution in [1.29, 1.82) is 0 Å². The van der Waals surface area contributed by atoms with Crippen LogP contribution in [0, 0.1) is 0 Å². The molecular weight excluding hydrogens is 318 g/mol. The zero-order valence-corrected chi connectivity index (χ0v) is 14.8. The van der Waals surface area contributed by atoms with Crippen LogP contribution in [0.2, 0.25) is 0 Å². The van der Waals surface area contributed by atoms with Crippen molar-refractivity contribution >= 4 is 0 Å². The number of rotatable bonds is 3. The van der Waals surface area contributed by atoms with Gasteiger partial charge in [-0.3, -0.25) is 4.90 Å². The van der Waals surface area contributed by atoms with Crippen LogP contribution in [-0.2, 0) is 16.9 Å². The molecule has 2 heterocycles. The average molecular weight is 341 g/mol. The topological polar surface area (TPSA) is 12.5 Å². The van der Waals surface area contributed by atoms with Gasteiger partial charge >= 0.3 is 0 Å². The molecule has 2 unspecified atom stereocenters. The van der Waals surface area contributed by atoms with E-state index in [1.807, 2.05) is 0 Å². The van der Waals surface area contributed by atoms with Crippen LogP contribution in [0.25, 0.3) is 0 Å². The summed E-state index contributed by atoms with van der Waals surface area (Å²) < 4.78 is 6.79. The average Bonchev–Trinajstić information content (AvgIpc) is 3.26. The smallest absolute Gasteiger partial charge is 0.109 e. The summed E-state index contributed by atoms with van der Waals surface area (Å²) in [6, 6.07) is 30.1. The zero-order valence-electron chi connectivity index (χ0n) is 14.8. The molecule has 130 valence electrons. The summed E-state index contributed by atoms with van der Waals surface area (Å²) in [7, 11) is 0. The predicted octanol–water partition coefficient (Wildman–Crippen LogP) is 4.91. The summed E-state index contributed by atoms with van der Waals surface area (Å²) >= 11 is 0. The minimum Gasteiger partial charge on any atom is -0.356 e. The second kappa shape index (κ2) is 6.39. The summed E-state index contributed by atoms with van der Waals surface area (Å²) in [6.45, 7) is 3.02. The van der Waals surface area contributed by atoms with Crippen LogP contribution in [-0.4, -0.2) is 18.0 Å². The van der Waals surface area contributed by atoms with Gasteiger partial charge in [-0.15, -0.1) is 0 Å². The van der Waals surface area contributed by atoms with E-state index >= 15 is 0 Å². The van der Waals surface area contributed by atoms with Gasteiger partial charge < -0.3 is 4.74 Å². The van der Waals surface area contributed by atoms with Crippen molar-refractivity contribution in [1.82, 2.24) is 4.90 Å². The lowest BCUT2D eigenvalue weighted by molar-refractivity contribution is -0.0535. The van der Waals surface area contributed by atoms with Gasteiger partial charge in [-0.25, -0.2) is 0 Å². The number of benzene rings is 3. The molecular formula is C24H23NO. The number of ether oxygens (including phenoxy) is 1. The van der Waals surface area contributed by atoms with Crippen LogP contribution in [0.5, 0.6) is 0 Å². The largest absolute Gasteiger partial charge is 0.356 e. The molecule has 3 aromatic carbocycles. The second-order valence-electron chi connectivity index (χ2n) is 7.44. The molecule has 0 saturated carbocycles. The van der Waals surface area contributed by atoms with Crippen LogP contribution in [0.4, 0.5) is 0 Å². The molecule has 1 spiro atoms. The Morgan fingerprint density at radius 3 is 2.35 bits per heavy atom. The Labute approximate surface area is 155 Å². The second-order valence-corrected chi connectivity index (χ2v) is 7.44. The molecule has 2 aliphatic heterocycles. The predicted molar refractivity (Wildman–Crippen MR) is 104 cm³/mol. The van der Waals surface area contributed by atoms with Crippen molar-refractivity contribution in [2.45, 2.75) is 24.7 Å². The molecule has 0 N–H and O–H groups in total. The first kappa shape index (κ1) is 15.8. The van der Waals surface area contributed by atoms with E-state index in [0.29, 0.717) is 0 Å². The van der Waals surface area contributed by atoms with Gasteiger partial charge in [0.15, 0.2) is 0 Å². The summed E-state index contributed by atoms with van der Waals surface area (Å²) in [4.78, 5) is 2.53. The lowest BCUT2D eigenvalue weighted by atomic mass is 9.90. The van der Waals surface area contributed by atoms with Crippen LogP contribution < -0.4 is 0 Å². The van der Waals surface area contributed by atoms with E-state index in [4.69, 9.17) is 4.74 Å². The fourth-order valence-electron chi connectivity index (χ4n) is 4.52. The molecule has 3 aromatic rings. The number of likely N-dealkylation sites (tertiary alicyclic amines) is 1. The molecule has 1 fully saturated rings. The van der Waals surface area contributed by atoms with E-state index in [1.54, 1.807) is 0 Å². The van der Waals surface area contributed by atoms with Crippen LogP contribution >= 0.6 is 0 Å². The maximum absolute atomic E-state index is 6.79. The molecule has 0 radical (unpaired) electrons. The van der Waals surface area contributed by atoms with E-state index in [0.717, 1.165) is 26.1 Å². The van der Waals surface area contributed by atoms with Crippen molar-refractivity contribution in [2.75, 3.05) is 13.1 Å². The number of nitrogens with zero attached hydrogens (tertiary/aromatic N) is 1. The first-order valence-corrected chi connectivity index (χ1v) is 9.43. The Bertz CT molecular complexity index is 892. The van der Waals surface area contributed by atoms with Crippen LogP contribution in [0.3, 0.4) is 0 Å². The molecule has 1 saturated heterocycles. The first-order chi connectivity index (χ1) is 12.8. The number of fused-ring (bicyclic) bond motifs is 2. The van der Waals surface area contributed by atoms with Crippen molar-refractivity contribution in [3.8, 4) is 0 Å². The summed E-state index contributed by atoms with van der Waals surface area (Å²) in [5.41, 5.74) is 5.16. The summed E-state index contributed by atoms with van der Waals surface area (Å²) in [6.07, 6.45) is 1.10. The molecule has 0 amide bonds. The molecule has 0 aliphatic carbocycles. The Balaban J connectivity index is 1.45. The lowest BCUT2D eigenvalue weighted by Crippen LogP contribution is -2.30. The van der Waals surface area contributed by atoms with Gasteiger partial charge in [0.1, 0.15) is 11.7 Å². The minimum atomic E-state index is -0.175. The van der Waals surface area contributed by atoms with E-state index in [9.17, 15) is 0 Å². The molecule has 26 heavy (non-hydrogen) atoms. The highest BCUT2D eigenvalue weighted by atomic mass is 16.5. The molecule has 2 atom stereocenters. The molecule has 5 rings (SSSR count). The lowest BCUT2D eigenvalue weighted by Gasteiger charge is -2.26. The number of hydrogen-bond donors (Lipinski definition) is 0. The third-order valence-electron chi connectivity index (χ3n) is 5.74. The van der Waals surface area contributed by atoms with E-state index in [2.05, 4.69) is 89.8 Å². The van der Waals surface area contributed by atoms with Gasteiger partial charge in [0.05, 0.1) is 0 Å². The highest BCUT2D eigenvalue weighted by Crippen LogP contribution is 2.50. The third-order valence-corrected chi connectivity index (χ3v) is 5.74. The van der Waals surface area contributed by atoms with Crippen molar-refractivity contribution in [2.24, 2.45) is 0 Å². The van der Waals surface area contributed by atoms with Gasteiger partial charge in [0, 0.05) is 19.6 Å². The quantitative estimate of drug-likeness (QED) is 0.671. The molecule has 2 nitrogen and oxygen atoms in total. The first-order valence-electron chi connectivity index (χ1n) is 9.43. The number of hydrogen-bond acceptors (Lipinski definition) is 2. The Kier molecular flexibility index (Phi) is 3.88. The molecule has 2 aliphatic rings. The fourth-order valence-corrected chi connectivity index (χ4v) is 4.52. The fraction of sp³-hybridized carbons (Fsp3) is 0.250. The van der Waals surface area contributed by atoms with Crippen molar-refractivity contribution in [3.05, 3.63) is 107 Å². The van der Waals surface area contributed by atoms with Crippen LogP contribution in [0.15, 0.2) is 84.9 Å². The minimum absolute atomic E-state index is 0.0454. The highest BCUT2D eigenvalue weighted by Gasteiger charge is 2.49. The molecule has 0 aromatic heterocycles. The van der Waals surface area contributed by atoms with Gasteiger partial charge in [0.2, 0.25) is 0 Å².